The van der Waals surface area contributed by atoms with Gasteiger partial charge in [-0.2, -0.15) is 0 Å². The highest BCUT2D eigenvalue weighted by Gasteiger charge is 2.24. The van der Waals surface area contributed by atoms with Crippen LogP contribution in [0.5, 0.6) is 0 Å². The number of carbonyl (C=O) groups excluding carboxylic acids is 1. The summed E-state index contributed by atoms with van der Waals surface area (Å²) in [6.07, 6.45) is 3.72. The minimum Gasteiger partial charge on any atom is -0.348 e. The van der Waals surface area contributed by atoms with E-state index in [1.165, 1.54) is 11.1 Å². The molecule has 0 aliphatic heterocycles. The first-order valence-electron chi connectivity index (χ1n) is 7.10. The minimum atomic E-state index is -0.136. The largest absolute Gasteiger partial charge is 0.348 e. The normalized spacial score (nSPS) is 13.8. The van der Waals surface area contributed by atoms with Crippen LogP contribution in [0.3, 0.4) is 0 Å². The molecule has 1 aromatic carbocycles. The first-order valence-corrected chi connectivity index (χ1v) is 7.10. The highest BCUT2D eigenvalue weighted by atomic mass is 16.2. The Kier molecular flexibility index (Phi) is 3.56. The average Bonchev–Trinajstić information content (AvgIpc) is 3.27. The lowest BCUT2D eigenvalue weighted by atomic mass is 10.1. The van der Waals surface area contributed by atoms with E-state index < -0.39 is 0 Å². The second-order valence-corrected chi connectivity index (χ2v) is 5.44. The zero-order chi connectivity index (χ0) is 14.8. The third-order valence-electron chi connectivity index (χ3n) is 3.56. The molecule has 1 aromatic heterocycles. The van der Waals surface area contributed by atoms with Crippen LogP contribution in [-0.4, -0.2) is 21.9 Å². The monoisotopic (exact) mass is 282 g/mol. The van der Waals surface area contributed by atoms with Crippen LogP contribution in [0.2, 0.25) is 0 Å². The second kappa shape index (κ2) is 5.52. The maximum Gasteiger partial charge on any atom is 0.270 e. The number of aromatic nitrogens is 2. The number of nitrogens with zero attached hydrogens (tertiary/aromatic N) is 2. The summed E-state index contributed by atoms with van der Waals surface area (Å²) in [7, 11) is 0. The second-order valence-electron chi connectivity index (χ2n) is 5.44. The van der Waals surface area contributed by atoms with E-state index in [9.17, 15) is 4.79 Å². The van der Waals surface area contributed by atoms with Crippen molar-refractivity contribution in [2.45, 2.75) is 32.7 Å². The van der Waals surface area contributed by atoms with Gasteiger partial charge in [0.15, 0.2) is 0 Å². The first-order chi connectivity index (χ1) is 10.1. The number of nitrogens with one attached hydrogen (secondary N) is 2. The highest BCUT2D eigenvalue weighted by molar-refractivity contribution is 5.92. The van der Waals surface area contributed by atoms with Crippen molar-refractivity contribution in [3.8, 4) is 0 Å². The van der Waals surface area contributed by atoms with Crippen LogP contribution in [0.1, 0.15) is 34.5 Å². The zero-order valence-corrected chi connectivity index (χ0v) is 12.2. The van der Waals surface area contributed by atoms with E-state index in [0.29, 0.717) is 17.7 Å². The van der Waals surface area contributed by atoms with Crippen LogP contribution in [0.4, 0.5) is 11.6 Å². The number of rotatable bonds is 4. The molecule has 108 valence electrons. The van der Waals surface area contributed by atoms with Crippen molar-refractivity contribution in [2.75, 3.05) is 5.32 Å². The minimum absolute atomic E-state index is 0.136. The summed E-state index contributed by atoms with van der Waals surface area (Å²) < 4.78 is 0. The van der Waals surface area contributed by atoms with Gasteiger partial charge in [-0.25, -0.2) is 9.97 Å². The Labute approximate surface area is 123 Å². The van der Waals surface area contributed by atoms with Crippen molar-refractivity contribution < 1.29 is 4.79 Å². The number of aryl methyl sites for hydroxylation is 2. The summed E-state index contributed by atoms with van der Waals surface area (Å²) in [4.78, 5) is 20.4. The Morgan fingerprint density at radius 3 is 2.71 bits per heavy atom. The van der Waals surface area contributed by atoms with E-state index in [1.54, 1.807) is 12.3 Å². The van der Waals surface area contributed by atoms with Crippen LogP contribution < -0.4 is 10.6 Å². The number of hydrogen-bond donors (Lipinski definition) is 2. The lowest BCUT2D eigenvalue weighted by molar-refractivity contribution is 0.0946. The standard InChI is InChI=1S/C16H18N4O/c1-10-3-4-13(9-11(10)2)19-16-17-8-7-14(20-16)15(21)18-12-5-6-12/h3-4,7-9,12H,5-6H2,1-2H3,(H,18,21)(H,17,19,20). The fourth-order valence-electron chi connectivity index (χ4n) is 1.98. The molecule has 5 heteroatoms. The van der Waals surface area contributed by atoms with Crippen molar-refractivity contribution in [3.63, 3.8) is 0 Å². The van der Waals surface area contributed by atoms with Crippen molar-refractivity contribution in [3.05, 3.63) is 47.3 Å². The van der Waals surface area contributed by atoms with Crippen LogP contribution in [0, 0.1) is 13.8 Å². The van der Waals surface area contributed by atoms with E-state index in [2.05, 4.69) is 34.4 Å². The Balaban J connectivity index is 1.75. The lowest BCUT2D eigenvalue weighted by Gasteiger charge is -2.08. The van der Waals surface area contributed by atoms with Crippen LogP contribution in [-0.2, 0) is 0 Å². The number of benzene rings is 1. The number of amides is 1. The Morgan fingerprint density at radius 1 is 1.19 bits per heavy atom. The molecular formula is C16H18N4O. The molecule has 1 aliphatic rings. The van der Waals surface area contributed by atoms with Gasteiger partial charge in [-0.1, -0.05) is 6.07 Å². The first kappa shape index (κ1) is 13.5. The van der Waals surface area contributed by atoms with Crippen LogP contribution in [0.15, 0.2) is 30.5 Å². The average molecular weight is 282 g/mol. The van der Waals surface area contributed by atoms with E-state index in [4.69, 9.17) is 0 Å². The predicted octanol–water partition coefficient (Wildman–Crippen LogP) is 2.73. The van der Waals surface area contributed by atoms with Crippen molar-refractivity contribution in [2.24, 2.45) is 0 Å². The summed E-state index contributed by atoms with van der Waals surface area (Å²) >= 11 is 0. The molecule has 21 heavy (non-hydrogen) atoms. The van der Waals surface area contributed by atoms with Gasteiger partial charge in [0.2, 0.25) is 5.95 Å². The van der Waals surface area contributed by atoms with Gasteiger partial charge in [0.05, 0.1) is 0 Å². The third-order valence-corrected chi connectivity index (χ3v) is 3.56. The van der Waals surface area contributed by atoms with Gasteiger partial charge >= 0.3 is 0 Å². The molecule has 0 bridgehead atoms. The Morgan fingerprint density at radius 2 is 2.00 bits per heavy atom. The molecule has 0 saturated heterocycles. The predicted molar refractivity (Wildman–Crippen MR) is 81.7 cm³/mol. The van der Waals surface area contributed by atoms with Crippen LogP contribution in [0.25, 0.3) is 0 Å². The van der Waals surface area contributed by atoms with Gasteiger partial charge in [0.25, 0.3) is 5.91 Å². The molecule has 0 atom stereocenters. The molecule has 5 nitrogen and oxygen atoms in total. The number of carbonyl (C=O) groups is 1. The van der Waals surface area contributed by atoms with E-state index in [-0.39, 0.29) is 5.91 Å². The van der Waals surface area contributed by atoms with E-state index in [1.807, 2.05) is 18.2 Å². The van der Waals surface area contributed by atoms with Crippen LogP contribution >= 0.6 is 0 Å². The fraction of sp³-hybridized carbons (Fsp3) is 0.312. The third kappa shape index (κ3) is 3.37. The summed E-state index contributed by atoms with van der Waals surface area (Å²) in [6, 6.07) is 8.01. The lowest BCUT2D eigenvalue weighted by Crippen LogP contribution is -2.26. The Bertz CT molecular complexity index is 680. The molecule has 1 fully saturated rings. The molecule has 1 heterocycles. The molecule has 2 aromatic rings. The van der Waals surface area contributed by atoms with Gasteiger partial charge in [-0.05, 0) is 56.0 Å². The summed E-state index contributed by atoms with van der Waals surface area (Å²) in [5, 5.41) is 6.05. The molecule has 0 unspecified atom stereocenters. The quantitative estimate of drug-likeness (QED) is 0.905. The smallest absolute Gasteiger partial charge is 0.270 e. The molecule has 0 radical (unpaired) electrons. The van der Waals surface area contributed by atoms with Gasteiger partial charge in [-0.15, -0.1) is 0 Å². The van der Waals surface area contributed by atoms with Crippen molar-refractivity contribution >= 4 is 17.5 Å². The van der Waals surface area contributed by atoms with Gasteiger partial charge in [0, 0.05) is 17.9 Å². The molecule has 1 saturated carbocycles. The van der Waals surface area contributed by atoms with Crippen molar-refractivity contribution in [1.82, 2.24) is 15.3 Å². The summed E-state index contributed by atoms with van der Waals surface area (Å²) in [5.41, 5.74) is 3.74. The Hall–Kier alpha value is -2.43. The van der Waals surface area contributed by atoms with Crippen molar-refractivity contribution in [1.29, 1.82) is 0 Å². The van der Waals surface area contributed by atoms with Gasteiger partial charge < -0.3 is 10.6 Å². The number of hydrogen-bond acceptors (Lipinski definition) is 4. The highest BCUT2D eigenvalue weighted by Crippen LogP contribution is 2.20. The molecule has 3 rings (SSSR count). The molecular weight excluding hydrogens is 264 g/mol. The topological polar surface area (TPSA) is 66.9 Å². The van der Waals surface area contributed by atoms with E-state index >= 15 is 0 Å². The van der Waals surface area contributed by atoms with Gasteiger partial charge in [-0.3, -0.25) is 4.79 Å². The molecule has 1 amide bonds. The molecule has 0 spiro atoms. The number of anilines is 2. The SMILES string of the molecule is Cc1ccc(Nc2nccc(C(=O)NC3CC3)n2)cc1C. The maximum atomic E-state index is 12.0. The van der Waals surface area contributed by atoms with E-state index in [0.717, 1.165) is 18.5 Å². The summed E-state index contributed by atoms with van der Waals surface area (Å²) in [6.45, 7) is 4.12. The molecule has 1 aliphatic carbocycles. The van der Waals surface area contributed by atoms with Gasteiger partial charge in [0.1, 0.15) is 5.69 Å². The zero-order valence-electron chi connectivity index (χ0n) is 12.2. The maximum absolute atomic E-state index is 12.0. The summed E-state index contributed by atoms with van der Waals surface area (Å²) in [5.74, 6) is 0.296. The molecule has 2 N–H and O–H groups in total. The fourth-order valence-corrected chi connectivity index (χ4v) is 1.98.